The molecule has 2 fully saturated rings. The van der Waals surface area contributed by atoms with Crippen LogP contribution in [0.3, 0.4) is 0 Å². The molecule has 0 bridgehead atoms. The first-order valence-corrected chi connectivity index (χ1v) is 5.24. The molecule has 1 heterocycles. The normalized spacial score (nSPS) is 47.6. The minimum Gasteiger partial charge on any atom is -0.465 e. The van der Waals surface area contributed by atoms with Gasteiger partial charge in [-0.15, -0.1) is 0 Å². The first-order chi connectivity index (χ1) is 7.54. The van der Waals surface area contributed by atoms with E-state index in [1.165, 1.54) is 7.11 Å². The molecule has 1 saturated heterocycles. The lowest BCUT2D eigenvalue weighted by molar-refractivity contribution is -0.165. The number of hydrogen-bond acceptors (Lipinski definition) is 6. The molecular weight excluding hydrogens is 216 g/mol. The number of carbonyl (C=O) groups is 1. The number of rotatable bonds is 2. The van der Waals surface area contributed by atoms with Crippen LogP contribution in [0, 0.1) is 11.8 Å². The lowest BCUT2D eigenvalue weighted by atomic mass is 9.83. The average molecular weight is 232 g/mol. The number of cyclic esters (lactones) is 1. The Kier molecular flexibility index (Phi) is 2.91. The van der Waals surface area contributed by atoms with Crippen LogP contribution in [-0.2, 0) is 14.3 Å². The van der Waals surface area contributed by atoms with Gasteiger partial charge in [-0.05, 0) is 0 Å². The first-order valence-electron chi connectivity index (χ1n) is 5.24. The van der Waals surface area contributed by atoms with Gasteiger partial charge in [0.1, 0.15) is 11.7 Å². The fourth-order valence-electron chi connectivity index (χ4n) is 2.81. The molecule has 0 aromatic heterocycles. The standard InChI is InChI=1S/C10H16O6/c1-15-8-5-2-7(12)16-3-6(5)10(14,4-11)9(8)13/h5-6,8-9,11,13-14H,2-4H2,1H3. The van der Waals surface area contributed by atoms with Gasteiger partial charge in [0.05, 0.1) is 25.7 Å². The first kappa shape index (κ1) is 11.8. The Balaban J connectivity index is 2.30. The molecule has 5 unspecified atom stereocenters. The van der Waals surface area contributed by atoms with Gasteiger partial charge in [-0.2, -0.15) is 0 Å². The van der Waals surface area contributed by atoms with Crippen molar-refractivity contribution in [3.8, 4) is 0 Å². The van der Waals surface area contributed by atoms with E-state index in [2.05, 4.69) is 0 Å². The molecule has 1 saturated carbocycles. The van der Waals surface area contributed by atoms with Crippen molar-refractivity contribution in [1.29, 1.82) is 0 Å². The summed E-state index contributed by atoms with van der Waals surface area (Å²) in [5, 5.41) is 29.3. The van der Waals surface area contributed by atoms with E-state index in [1.54, 1.807) is 0 Å². The van der Waals surface area contributed by atoms with Crippen LogP contribution in [0.2, 0.25) is 0 Å². The molecule has 3 N–H and O–H groups in total. The fraction of sp³-hybridized carbons (Fsp3) is 0.900. The van der Waals surface area contributed by atoms with Crippen molar-refractivity contribution in [1.82, 2.24) is 0 Å². The third-order valence-electron chi connectivity index (χ3n) is 3.76. The quantitative estimate of drug-likeness (QED) is 0.490. The maximum absolute atomic E-state index is 11.2. The highest BCUT2D eigenvalue weighted by atomic mass is 16.5. The number of fused-ring (bicyclic) bond motifs is 1. The van der Waals surface area contributed by atoms with Gasteiger partial charge < -0.3 is 24.8 Å². The van der Waals surface area contributed by atoms with Crippen molar-refractivity contribution in [3.63, 3.8) is 0 Å². The number of hydrogen-bond donors (Lipinski definition) is 3. The topological polar surface area (TPSA) is 96.2 Å². The van der Waals surface area contributed by atoms with Gasteiger partial charge in [0.15, 0.2) is 0 Å². The van der Waals surface area contributed by atoms with Crippen molar-refractivity contribution in [2.24, 2.45) is 11.8 Å². The zero-order valence-electron chi connectivity index (χ0n) is 9.00. The summed E-state index contributed by atoms with van der Waals surface area (Å²) in [5.74, 6) is -1.15. The van der Waals surface area contributed by atoms with Crippen LogP contribution in [-0.4, -0.2) is 59.4 Å². The van der Waals surface area contributed by atoms with Crippen molar-refractivity contribution >= 4 is 5.97 Å². The largest absolute Gasteiger partial charge is 0.465 e. The SMILES string of the molecule is COC1C2CC(=O)OCC2C(O)(CO)C1O. The Bertz CT molecular complexity index is 293. The molecular formula is C10H16O6. The molecule has 0 amide bonds. The summed E-state index contributed by atoms with van der Waals surface area (Å²) in [7, 11) is 1.41. The number of aliphatic hydroxyl groups is 3. The van der Waals surface area contributed by atoms with E-state index in [4.69, 9.17) is 9.47 Å². The van der Waals surface area contributed by atoms with Crippen LogP contribution in [0.25, 0.3) is 0 Å². The number of methoxy groups -OCH3 is 1. The zero-order valence-corrected chi connectivity index (χ0v) is 9.00. The molecule has 2 rings (SSSR count). The van der Waals surface area contributed by atoms with Crippen LogP contribution in [0.5, 0.6) is 0 Å². The van der Waals surface area contributed by atoms with Crippen LogP contribution in [0.4, 0.5) is 0 Å². The second kappa shape index (κ2) is 3.96. The molecule has 92 valence electrons. The molecule has 1 aliphatic heterocycles. The number of ether oxygens (including phenoxy) is 2. The van der Waals surface area contributed by atoms with Gasteiger partial charge in [0.25, 0.3) is 0 Å². The van der Waals surface area contributed by atoms with Gasteiger partial charge in [-0.1, -0.05) is 0 Å². The average Bonchev–Trinajstić information content (AvgIpc) is 2.48. The van der Waals surface area contributed by atoms with E-state index < -0.39 is 30.3 Å². The molecule has 16 heavy (non-hydrogen) atoms. The fourth-order valence-corrected chi connectivity index (χ4v) is 2.81. The van der Waals surface area contributed by atoms with Crippen molar-refractivity contribution < 1.29 is 29.6 Å². The van der Waals surface area contributed by atoms with Crippen LogP contribution in [0.15, 0.2) is 0 Å². The highest BCUT2D eigenvalue weighted by molar-refractivity contribution is 5.71. The Morgan fingerprint density at radius 2 is 2.31 bits per heavy atom. The van der Waals surface area contributed by atoms with Gasteiger partial charge in [-0.3, -0.25) is 4.79 Å². The van der Waals surface area contributed by atoms with E-state index in [9.17, 15) is 20.1 Å². The van der Waals surface area contributed by atoms with Crippen molar-refractivity contribution in [3.05, 3.63) is 0 Å². The minimum absolute atomic E-state index is 0.0114. The molecule has 1 aliphatic carbocycles. The second-order valence-electron chi connectivity index (χ2n) is 4.45. The van der Waals surface area contributed by atoms with Crippen LogP contribution in [0.1, 0.15) is 6.42 Å². The molecule has 0 aromatic rings. The monoisotopic (exact) mass is 232 g/mol. The van der Waals surface area contributed by atoms with Crippen molar-refractivity contribution in [2.45, 2.75) is 24.2 Å². The van der Waals surface area contributed by atoms with Gasteiger partial charge in [0.2, 0.25) is 0 Å². The summed E-state index contributed by atoms with van der Waals surface area (Å²) in [6, 6.07) is 0. The zero-order chi connectivity index (χ0) is 11.9. The molecule has 0 radical (unpaired) electrons. The summed E-state index contributed by atoms with van der Waals surface area (Å²) in [6.45, 7) is -0.565. The summed E-state index contributed by atoms with van der Waals surface area (Å²) >= 11 is 0. The van der Waals surface area contributed by atoms with E-state index in [0.29, 0.717) is 0 Å². The Morgan fingerprint density at radius 3 is 2.88 bits per heavy atom. The Hall–Kier alpha value is -0.690. The number of aliphatic hydroxyl groups excluding tert-OH is 2. The minimum atomic E-state index is -1.65. The van der Waals surface area contributed by atoms with E-state index in [1.807, 2.05) is 0 Å². The molecule has 5 atom stereocenters. The second-order valence-corrected chi connectivity index (χ2v) is 4.45. The van der Waals surface area contributed by atoms with E-state index in [-0.39, 0.29) is 24.9 Å². The Labute approximate surface area is 92.8 Å². The maximum Gasteiger partial charge on any atom is 0.306 e. The summed E-state index contributed by atoms with van der Waals surface area (Å²) < 4.78 is 9.96. The lowest BCUT2D eigenvalue weighted by Gasteiger charge is -2.33. The predicted molar refractivity (Wildman–Crippen MR) is 51.4 cm³/mol. The number of esters is 1. The molecule has 0 aromatic carbocycles. The smallest absolute Gasteiger partial charge is 0.306 e. The van der Waals surface area contributed by atoms with Gasteiger partial charge in [-0.25, -0.2) is 0 Å². The van der Waals surface area contributed by atoms with Crippen molar-refractivity contribution in [2.75, 3.05) is 20.3 Å². The summed E-state index contributed by atoms with van der Waals surface area (Å²) in [4.78, 5) is 11.2. The summed E-state index contributed by atoms with van der Waals surface area (Å²) in [5.41, 5.74) is -1.65. The Morgan fingerprint density at radius 1 is 1.62 bits per heavy atom. The molecule has 2 aliphatic rings. The van der Waals surface area contributed by atoms with Gasteiger partial charge >= 0.3 is 5.97 Å². The van der Waals surface area contributed by atoms with Crippen LogP contribution < -0.4 is 0 Å². The summed E-state index contributed by atoms with van der Waals surface area (Å²) in [6.07, 6.45) is -1.75. The molecule has 6 heteroatoms. The maximum atomic E-state index is 11.2. The van der Waals surface area contributed by atoms with E-state index >= 15 is 0 Å². The highest BCUT2D eigenvalue weighted by Crippen LogP contribution is 2.45. The van der Waals surface area contributed by atoms with E-state index in [0.717, 1.165) is 0 Å². The highest BCUT2D eigenvalue weighted by Gasteiger charge is 2.61. The third kappa shape index (κ3) is 1.45. The lowest BCUT2D eigenvalue weighted by Crippen LogP contribution is -2.51. The molecule has 0 spiro atoms. The van der Waals surface area contributed by atoms with Gasteiger partial charge in [0, 0.05) is 18.9 Å². The molecule has 6 nitrogen and oxygen atoms in total. The third-order valence-corrected chi connectivity index (χ3v) is 3.76. The number of carbonyl (C=O) groups excluding carboxylic acids is 1. The predicted octanol–water partition coefficient (Wildman–Crippen LogP) is -1.72. The van der Waals surface area contributed by atoms with Crippen LogP contribution >= 0.6 is 0 Å².